The molecule has 5 rings (SSSR count). The quantitative estimate of drug-likeness (QED) is 0.781. The predicted octanol–water partition coefficient (Wildman–Crippen LogP) is 4.30. The summed E-state index contributed by atoms with van der Waals surface area (Å²) in [6.07, 6.45) is 6.98. The van der Waals surface area contributed by atoms with Gasteiger partial charge in [0.1, 0.15) is 11.4 Å². The number of para-hydroxylation sites is 1. The summed E-state index contributed by atoms with van der Waals surface area (Å²) < 4.78 is 6.62. The van der Waals surface area contributed by atoms with Gasteiger partial charge in [0.05, 0.1) is 0 Å². The van der Waals surface area contributed by atoms with Gasteiger partial charge in [0.15, 0.2) is 0 Å². The van der Waals surface area contributed by atoms with E-state index in [4.69, 9.17) is 4.74 Å². The number of carbonyl (C=O) groups excluding carboxylic acids is 1. The maximum Gasteiger partial charge on any atom is 0.220 e. The molecule has 1 amide bonds. The number of hydrogen-bond donors (Lipinski definition) is 1. The van der Waals surface area contributed by atoms with Crippen LogP contribution < -0.4 is 10.1 Å². The third kappa shape index (κ3) is 4.54. The van der Waals surface area contributed by atoms with Crippen LogP contribution in [0.5, 0.6) is 5.75 Å². The molecule has 1 unspecified atom stereocenters. The van der Waals surface area contributed by atoms with E-state index in [-0.39, 0.29) is 17.4 Å². The monoisotopic (exact) mass is 404 g/mol. The van der Waals surface area contributed by atoms with E-state index in [0.717, 1.165) is 63.9 Å². The van der Waals surface area contributed by atoms with Gasteiger partial charge in [-0.25, -0.2) is 0 Å². The first-order valence-electron chi connectivity index (χ1n) is 11.5. The van der Waals surface area contributed by atoms with E-state index in [9.17, 15) is 4.79 Å². The number of ether oxygens (including phenoxy) is 1. The lowest BCUT2D eigenvalue weighted by molar-refractivity contribution is -0.122. The normalized spacial score (nSPS) is 22.9. The minimum atomic E-state index is -0.123. The molecule has 0 bridgehead atoms. The molecule has 2 aromatic rings. The van der Waals surface area contributed by atoms with Crippen LogP contribution in [0.15, 0.2) is 54.6 Å². The second kappa shape index (κ2) is 8.43. The van der Waals surface area contributed by atoms with E-state index in [2.05, 4.69) is 58.7 Å². The standard InChI is InChI=1S/C26H32N2O2/c29-25(27-22-10-11-22)18-21-19-26(30-24-9-5-4-8-23(21)24)13-16-28(17-14-26)15-12-20-6-2-1-3-7-20/h1-9,21-22H,10-19H2,(H,27,29). The SMILES string of the molecule is O=C(CC1CC2(CCN(CCc3ccccc3)CC2)Oc2ccccc21)NC1CC1. The van der Waals surface area contributed by atoms with Gasteiger partial charge in [-0.15, -0.1) is 0 Å². The Morgan fingerprint density at radius 1 is 1.03 bits per heavy atom. The first-order valence-corrected chi connectivity index (χ1v) is 11.5. The van der Waals surface area contributed by atoms with Crippen molar-refractivity contribution in [3.05, 3.63) is 65.7 Å². The van der Waals surface area contributed by atoms with Crippen molar-refractivity contribution in [1.29, 1.82) is 0 Å². The molecule has 0 radical (unpaired) electrons. The average Bonchev–Trinajstić information content (AvgIpc) is 3.58. The average molecular weight is 405 g/mol. The predicted molar refractivity (Wildman–Crippen MR) is 119 cm³/mol. The minimum Gasteiger partial charge on any atom is -0.487 e. The third-order valence-corrected chi connectivity index (χ3v) is 7.00. The molecule has 2 heterocycles. The summed E-state index contributed by atoms with van der Waals surface area (Å²) in [7, 11) is 0. The Morgan fingerprint density at radius 2 is 1.77 bits per heavy atom. The van der Waals surface area contributed by atoms with Crippen molar-refractivity contribution < 1.29 is 9.53 Å². The molecular formula is C26H32N2O2. The van der Waals surface area contributed by atoms with Crippen LogP contribution in [0.25, 0.3) is 0 Å². The highest BCUT2D eigenvalue weighted by atomic mass is 16.5. The number of nitrogens with zero attached hydrogens (tertiary/aromatic N) is 1. The Morgan fingerprint density at radius 3 is 2.53 bits per heavy atom. The zero-order valence-electron chi connectivity index (χ0n) is 17.7. The summed E-state index contributed by atoms with van der Waals surface area (Å²) in [6.45, 7) is 3.23. The van der Waals surface area contributed by atoms with Gasteiger partial charge in [-0.2, -0.15) is 0 Å². The van der Waals surface area contributed by atoms with E-state index in [1.54, 1.807) is 0 Å². The van der Waals surface area contributed by atoms with Crippen LogP contribution in [-0.4, -0.2) is 42.1 Å². The lowest BCUT2D eigenvalue weighted by Crippen LogP contribution is -2.51. The molecule has 1 atom stereocenters. The van der Waals surface area contributed by atoms with E-state index in [1.807, 2.05) is 6.07 Å². The first kappa shape index (κ1) is 19.6. The lowest BCUT2D eigenvalue weighted by atomic mass is 9.76. The van der Waals surface area contributed by atoms with Crippen LogP contribution in [-0.2, 0) is 11.2 Å². The van der Waals surface area contributed by atoms with Crippen LogP contribution in [0.2, 0.25) is 0 Å². The van der Waals surface area contributed by atoms with Gasteiger partial charge in [-0.05, 0) is 55.7 Å². The van der Waals surface area contributed by atoms with Gasteiger partial charge in [0, 0.05) is 38.0 Å². The van der Waals surface area contributed by atoms with Gasteiger partial charge in [0.2, 0.25) is 5.91 Å². The second-order valence-corrected chi connectivity index (χ2v) is 9.35. The molecule has 2 fully saturated rings. The summed E-state index contributed by atoms with van der Waals surface area (Å²) in [5.74, 6) is 1.45. The number of hydrogen-bond acceptors (Lipinski definition) is 3. The van der Waals surface area contributed by atoms with Crippen molar-refractivity contribution in [3.8, 4) is 5.75 Å². The summed E-state index contributed by atoms with van der Waals surface area (Å²) in [5.41, 5.74) is 2.49. The largest absolute Gasteiger partial charge is 0.487 e. The second-order valence-electron chi connectivity index (χ2n) is 9.35. The van der Waals surface area contributed by atoms with Crippen LogP contribution >= 0.6 is 0 Å². The molecule has 0 aromatic heterocycles. The molecule has 1 spiro atoms. The Kier molecular flexibility index (Phi) is 5.51. The number of piperidine rings is 1. The van der Waals surface area contributed by atoms with Crippen molar-refractivity contribution in [2.75, 3.05) is 19.6 Å². The summed E-state index contributed by atoms with van der Waals surface area (Å²) in [5, 5.41) is 3.17. The zero-order valence-corrected chi connectivity index (χ0v) is 17.7. The maximum absolute atomic E-state index is 12.6. The van der Waals surface area contributed by atoms with E-state index >= 15 is 0 Å². The fourth-order valence-corrected chi connectivity index (χ4v) is 5.09. The highest BCUT2D eigenvalue weighted by molar-refractivity contribution is 5.77. The third-order valence-electron chi connectivity index (χ3n) is 7.00. The number of rotatable bonds is 6. The topological polar surface area (TPSA) is 41.6 Å². The summed E-state index contributed by atoms with van der Waals surface area (Å²) in [4.78, 5) is 15.1. The van der Waals surface area contributed by atoms with Crippen LogP contribution in [0, 0.1) is 0 Å². The van der Waals surface area contributed by atoms with Gasteiger partial charge >= 0.3 is 0 Å². The highest BCUT2D eigenvalue weighted by Gasteiger charge is 2.43. The number of likely N-dealkylation sites (tertiary alicyclic amines) is 1. The van der Waals surface area contributed by atoms with E-state index < -0.39 is 0 Å². The van der Waals surface area contributed by atoms with Crippen LogP contribution in [0.4, 0.5) is 0 Å². The molecule has 2 aliphatic heterocycles. The van der Waals surface area contributed by atoms with Crippen LogP contribution in [0.1, 0.15) is 55.6 Å². The molecule has 1 saturated heterocycles. The molecule has 30 heavy (non-hydrogen) atoms. The first-order chi connectivity index (χ1) is 14.7. The maximum atomic E-state index is 12.6. The molecule has 158 valence electrons. The number of fused-ring (bicyclic) bond motifs is 1. The Bertz CT molecular complexity index is 870. The molecular weight excluding hydrogens is 372 g/mol. The summed E-state index contributed by atoms with van der Waals surface area (Å²) in [6, 6.07) is 19.5. The molecule has 2 aromatic carbocycles. The smallest absolute Gasteiger partial charge is 0.220 e. The van der Waals surface area contributed by atoms with Crippen molar-refractivity contribution in [1.82, 2.24) is 10.2 Å². The van der Waals surface area contributed by atoms with Crippen molar-refractivity contribution >= 4 is 5.91 Å². The fourth-order valence-electron chi connectivity index (χ4n) is 5.09. The molecule has 1 aliphatic carbocycles. The molecule has 4 nitrogen and oxygen atoms in total. The fraction of sp³-hybridized carbons (Fsp3) is 0.500. The molecule has 4 heteroatoms. The lowest BCUT2D eigenvalue weighted by Gasteiger charge is -2.47. The van der Waals surface area contributed by atoms with Gasteiger partial charge in [-0.3, -0.25) is 4.79 Å². The summed E-state index contributed by atoms with van der Waals surface area (Å²) >= 11 is 0. The van der Waals surface area contributed by atoms with Crippen molar-refractivity contribution in [2.45, 2.75) is 62.5 Å². The Hall–Kier alpha value is -2.33. The van der Waals surface area contributed by atoms with Gasteiger partial charge in [-0.1, -0.05) is 48.5 Å². The Balaban J connectivity index is 1.23. The highest BCUT2D eigenvalue weighted by Crippen LogP contribution is 2.46. The zero-order chi connectivity index (χ0) is 20.4. The number of nitrogens with one attached hydrogen (secondary N) is 1. The van der Waals surface area contributed by atoms with Gasteiger partial charge in [0.25, 0.3) is 0 Å². The minimum absolute atomic E-state index is 0.123. The van der Waals surface area contributed by atoms with E-state index in [0.29, 0.717) is 12.5 Å². The molecule has 1 saturated carbocycles. The number of amides is 1. The number of carbonyl (C=O) groups is 1. The molecule has 1 N–H and O–H groups in total. The van der Waals surface area contributed by atoms with Crippen molar-refractivity contribution in [3.63, 3.8) is 0 Å². The van der Waals surface area contributed by atoms with E-state index in [1.165, 1.54) is 11.1 Å². The van der Waals surface area contributed by atoms with Crippen LogP contribution in [0.3, 0.4) is 0 Å². The van der Waals surface area contributed by atoms with Crippen molar-refractivity contribution in [2.24, 2.45) is 0 Å². The number of benzene rings is 2. The van der Waals surface area contributed by atoms with Gasteiger partial charge < -0.3 is 15.0 Å². The Labute approximate surface area is 179 Å². The molecule has 3 aliphatic rings.